The van der Waals surface area contributed by atoms with Crippen LogP contribution < -0.4 is 5.32 Å². The number of nitrogens with one attached hydrogen (secondary N) is 1. The van der Waals surface area contributed by atoms with Crippen LogP contribution in [0.2, 0.25) is 0 Å². The van der Waals surface area contributed by atoms with Crippen LogP contribution in [0.1, 0.15) is 100 Å². The fraction of sp³-hybridized carbons (Fsp3) is 0.771. The van der Waals surface area contributed by atoms with Gasteiger partial charge in [-0.15, -0.1) is 0 Å². The highest BCUT2D eigenvalue weighted by atomic mass is 16.2. The standard InChI is InChI=1S/C35H57N7O4/c1-24(2)29(23-26(5)32(44)42-22-12-16-28(42)33(45)40(19-13-17-36)20-14-18-37)39(9)34(46)30(35(6,7)8)38-31(43)27-15-10-11-21-41(27)25(3)4/h23-25,27-30H,10-16,19-22H2,1-9H3,(H,38,43)/t27-,28+,29?,30-/m1/s1. The molecule has 1 N–H and O–H groups in total. The lowest BCUT2D eigenvalue weighted by Gasteiger charge is -2.41. The van der Waals surface area contributed by atoms with Gasteiger partial charge in [0, 0.05) is 38.3 Å². The van der Waals surface area contributed by atoms with Gasteiger partial charge >= 0.3 is 0 Å². The average molecular weight is 640 g/mol. The van der Waals surface area contributed by atoms with Crippen LogP contribution in [-0.2, 0) is 19.2 Å². The first kappa shape index (κ1) is 38.7. The quantitative estimate of drug-likeness (QED) is 0.302. The van der Waals surface area contributed by atoms with Crippen molar-refractivity contribution >= 4 is 23.6 Å². The summed E-state index contributed by atoms with van der Waals surface area (Å²) in [5, 5.41) is 21.2. The highest BCUT2D eigenvalue weighted by molar-refractivity contribution is 5.97. The number of carbonyl (C=O) groups is 4. The zero-order valence-corrected chi connectivity index (χ0v) is 29.6. The molecule has 46 heavy (non-hydrogen) atoms. The molecule has 0 aromatic rings. The lowest BCUT2D eigenvalue weighted by atomic mass is 9.84. The topological polar surface area (TPSA) is 141 Å². The molecule has 0 radical (unpaired) electrons. The third-order valence-electron chi connectivity index (χ3n) is 9.24. The summed E-state index contributed by atoms with van der Waals surface area (Å²) < 4.78 is 0. The fourth-order valence-electron chi connectivity index (χ4n) is 6.58. The largest absolute Gasteiger partial charge is 0.342 e. The Morgan fingerprint density at radius 1 is 0.935 bits per heavy atom. The molecular weight excluding hydrogens is 582 g/mol. The maximum atomic E-state index is 14.1. The van der Waals surface area contributed by atoms with Crippen molar-refractivity contribution in [2.24, 2.45) is 11.3 Å². The minimum Gasteiger partial charge on any atom is -0.342 e. The van der Waals surface area contributed by atoms with Crippen LogP contribution in [0.15, 0.2) is 11.6 Å². The zero-order valence-electron chi connectivity index (χ0n) is 29.6. The Kier molecular flexibility index (Phi) is 14.7. The number of piperidine rings is 1. The van der Waals surface area contributed by atoms with Gasteiger partial charge in [-0.3, -0.25) is 24.1 Å². The normalized spacial score (nSPS) is 20.5. The molecule has 2 fully saturated rings. The van der Waals surface area contributed by atoms with Gasteiger partial charge in [-0.2, -0.15) is 10.5 Å². The van der Waals surface area contributed by atoms with E-state index in [1.807, 2.05) is 34.6 Å². The molecule has 11 nitrogen and oxygen atoms in total. The number of nitriles is 2. The molecular formula is C35H57N7O4. The molecule has 1 unspecified atom stereocenters. The van der Waals surface area contributed by atoms with E-state index < -0.39 is 23.5 Å². The molecule has 4 atom stereocenters. The molecule has 0 saturated carbocycles. The molecule has 0 aliphatic carbocycles. The third kappa shape index (κ3) is 10.0. The second-order valence-electron chi connectivity index (χ2n) is 14.5. The van der Waals surface area contributed by atoms with E-state index in [0.717, 1.165) is 25.8 Å². The summed E-state index contributed by atoms with van der Waals surface area (Å²) in [4.78, 5) is 61.9. The van der Waals surface area contributed by atoms with Crippen molar-refractivity contribution in [1.29, 1.82) is 10.5 Å². The summed E-state index contributed by atoms with van der Waals surface area (Å²) in [6.45, 7) is 17.4. The van der Waals surface area contributed by atoms with E-state index in [4.69, 9.17) is 10.5 Å². The average Bonchev–Trinajstić information content (AvgIpc) is 3.50. The van der Waals surface area contributed by atoms with E-state index in [0.29, 0.717) is 25.0 Å². The van der Waals surface area contributed by atoms with E-state index in [9.17, 15) is 19.2 Å². The van der Waals surface area contributed by atoms with Crippen molar-refractivity contribution in [3.8, 4) is 12.1 Å². The number of likely N-dealkylation sites (N-methyl/N-ethyl adjacent to an activating group) is 1. The molecule has 2 saturated heterocycles. The summed E-state index contributed by atoms with van der Waals surface area (Å²) in [5.74, 6) is -0.889. The predicted molar refractivity (Wildman–Crippen MR) is 178 cm³/mol. The first-order valence-electron chi connectivity index (χ1n) is 16.9. The highest BCUT2D eigenvalue weighted by Crippen LogP contribution is 2.27. The molecule has 0 aromatic carbocycles. The minimum absolute atomic E-state index is 0.0359. The lowest BCUT2D eigenvalue weighted by Crippen LogP contribution is -2.60. The van der Waals surface area contributed by atoms with E-state index >= 15 is 0 Å². The van der Waals surface area contributed by atoms with Crippen LogP contribution in [0.5, 0.6) is 0 Å². The van der Waals surface area contributed by atoms with Crippen LogP contribution in [-0.4, -0.2) is 107 Å². The minimum atomic E-state index is -0.764. The van der Waals surface area contributed by atoms with E-state index in [2.05, 4.69) is 36.2 Å². The molecule has 2 aliphatic rings. The third-order valence-corrected chi connectivity index (χ3v) is 9.24. The van der Waals surface area contributed by atoms with Gasteiger partial charge in [-0.05, 0) is 64.3 Å². The molecule has 2 rings (SSSR count). The maximum Gasteiger partial charge on any atom is 0.249 e. The lowest BCUT2D eigenvalue weighted by molar-refractivity contribution is -0.142. The number of hydrogen-bond donors (Lipinski definition) is 1. The smallest absolute Gasteiger partial charge is 0.249 e. The number of nitrogens with zero attached hydrogens (tertiary/aromatic N) is 6. The van der Waals surface area contributed by atoms with Gasteiger partial charge in [0.05, 0.1) is 37.1 Å². The zero-order chi connectivity index (χ0) is 34.8. The van der Waals surface area contributed by atoms with Gasteiger partial charge < -0.3 is 20.0 Å². The number of rotatable bonds is 13. The summed E-state index contributed by atoms with van der Waals surface area (Å²) in [6, 6.07) is 2.20. The predicted octanol–water partition coefficient (Wildman–Crippen LogP) is 3.86. The van der Waals surface area contributed by atoms with Crippen molar-refractivity contribution in [1.82, 2.24) is 24.9 Å². The van der Waals surface area contributed by atoms with Crippen molar-refractivity contribution < 1.29 is 19.2 Å². The highest BCUT2D eigenvalue weighted by Gasteiger charge is 2.41. The van der Waals surface area contributed by atoms with Crippen molar-refractivity contribution in [3.63, 3.8) is 0 Å². The Morgan fingerprint density at radius 2 is 1.52 bits per heavy atom. The van der Waals surface area contributed by atoms with E-state index in [1.54, 1.807) is 29.8 Å². The summed E-state index contributed by atoms with van der Waals surface area (Å²) in [7, 11) is 1.72. The summed E-state index contributed by atoms with van der Waals surface area (Å²) in [6.07, 6.45) is 6.09. The van der Waals surface area contributed by atoms with Crippen LogP contribution in [0.25, 0.3) is 0 Å². The Balaban J connectivity index is 2.29. The number of hydrogen-bond acceptors (Lipinski definition) is 7. The molecule has 2 heterocycles. The van der Waals surface area contributed by atoms with E-state index in [-0.39, 0.29) is 67.6 Å². The first-order valence-corrected chi connectivity index (χ1v) is 16.9. The Hall–Kier alpha value is -3.44. The van der Waals surface area contributed by atoms with Crippen LogP contribution >= 0.6 is 0 Å². The number of amides is 4. The second-order valence-corrected chi connectivity index (χ2v) is 14.5. The van der Waals surface area contributed by atoms with Crippen LogP contribution in [0.3, 0.4) is 0 Å². The molecule has 11 heteroatoms. The van der Waals surface area contributed by atoms with Gasteiger partial charge in [0.15, 0.2) is 0 Å². The summed E-state index contributed by atoms with van der Waals surface area (Å²) in [5.41, 5.74) is -0.120. The van der Waals surface area contributed by atoms with Gasteiger partial charge in [0.1, 0.15) is 12.1 Å². The van der Waals surface area contributed by atoms with E-state index in [1.165, 1.54) is 4.90 Å². The fourth-order valence-corrected chi connectivity index (χ4v) is 6.58. The van der Waals surface area contributed by atoms with Gasteiger partial charge in [0.25, 0.3) is 0 Å². The molecule has 0 spiro atoms. The molecule has 0 bridgehead atoms. The second kappa shape index (κ2) is 17.5. The van der Waals surface area contributed by atoms with Crippen molar-refractivity contribution in [2.45, 2.75) is 131 Å². The number of carbonyl (C=O) groups excluding carboxylic acids is 4. The molecule has 4 amide bonds. The van der Waals surface area contributed by atoms with Gasteiger partial charge in [0.2, 0.25) is 23.6 Å². The van der Waals surface area contributed by atoms with Crippen molar-refractivity contribution in [3.05, 3.63) is 11.6 Å². The Morgan fingerprint density at radius 3 is 2.04 bits per heavy atom. The molecule has 256 valence electrons. The molecule has 0 aromatic heterocycles. The number of likely N-dealkylation sites (tertiary alicyclic amines) is 2. The van der Waals surface area contributed by atoms with Crippen LogP contribution in [0, 0.1) is 34.0 Å². The van der Waals surface area contributed by atoms with Crippen molar-refractivity contribution in [2.75, 3.05) is 33.2 Å². The first-order chi connectivity index (χ1) is 21.6. The van der Waals surface area contributed by atoms with Gasteiger partial charge in [-0.25, -0.2) is 0 Å². The Labute approximate surface area is 276 Å². The SMILES string of the molecule is CC(=CC(C(C)C)N(C)C(=O)[C@@H](NC(=O)[C@H]1CCCCN1C(C)C)C(C)(C)C)C(=O)N1CCC[C@H]1C(=O)N(CCC#N)CCC#N. The maximum absolute atomic E-state index is 14.1. The monoisotopic (exact) mass is 639 g/mol. The summed E-state index contributed by atoms with van der Waals surface area (Å²) >= 11 is 0. The Bertz CT molecular complexity index is 1170. The van der Waals surface area contributed by atoms with Gasteiger partial charge in [-0.1, -0.05) is 47.1 Å². The van der Waals surface area contributed by atoms with Crippen LogP contribution in [0.4, 0.5) is 0 Å². The molecule has 2 aliphatic heterocycles.